The molecular formula is C18H28Cl2CuI2N2O2. The van der Waals surface area contributed by atoms with Gasteiger partial charge < -0.3 is 20.8 Å². The average molecular weight is 693 g/mol. The van der Waals surface area contributed by atoms with Gasteiger partial charge in [-0.1, -0.05) is 70.9 Å². The minimum atomic E-state index is -0.263. The summed E-state index contributed by atoms with van der Waals surface area (Å²) in [5.74, 6) is 0.855. The number of aliphatic hydroxyl groups is 2. The number of piperidine rings is 2. The van der Waals surface area contributed by atoms with E-state index in [4.69, 9.17) is 23.2 Å². The van der Waals surface area contributed by atoms with Gasteiger partial charge in [-0.15, -0.1) is 48.4 Å². The van der Waals surface area contributed by atoms with E-state index in [1.54, 1.807) is 0 Å². The molecule has 0 bridgehead atoms. The maximum atomic E-state index is 9.93. The summed E-state index contributed by atoms with van der Waals surface area (Å²) in [6.07, 6.45) is 5.90. The molecule has 4 nitrogen and oxygen atoms in total. The summed E-state index contributed by atoms with van der Waals surface area (Å²) in [4.78, 5) is 0. The van der Waals surface area contributed by atoms with E-state index in [-0.39, 0.29) is 60.0 Å². The Balaban J connectivity index is 0.000000187. The molecule has 2 heterocycles. The molecule has 27 heavy (non-hydrogen) atoms. The number of nitrogens with zero attached hydrogens (tertiary/aromatic N) is 2. The number of rotatable bonds is 0. The fraction of sp³-hybridized carbons (Fsp3) is 1.00. The molecule has 2 N–H and O–H groups in total. The van der Waals surface area contributed by atoms with Crippen LogP contribution in [0.1, 0.15) is 38.5 Å². The van der Waals surface area contributed by atoms with Crippen LogP contribution in [-0.2, 0) is 17.1 Å². The third kappa shape index (κ3) is 6.22. The third-order valence-corrected chi connectivity index (χ3v) is 9.71. The summed E-state index contributed by atoms with van der Waals surface area (Å²) >= 11 is 17.1. The molecule has 2 aliphatic carbocycles. The van der Waals surface area contributed by atoms with Gasteiger partial charge in [-0.3, -0.25) is 0 Å². The van der Waals surface area contributed by atoms with Gasteiger partial charge in [0.15, 0.2) is 0 Å². The Bertz CT molecular complexity index is 431. The van der Waals surface area contributed by atoms with Crippen molar-refractivity contribution in [3.8, 4) is 0 Å². The topological polar surface area (TPSA) is 68.7 Å². The molecule has 4 aliphatic rings. The van der Waals surface area contributed by atoms with Crippen LogP contribution in [0.4, 0.5) is 0 Å². The molecule has 0 aromatic rings. The van der Waals surface area contributed by atoms with E-state index >= 15 is 0 Å². The van der Waals surface area contributed by atoms with Crippen LogP contribution < -0.4 is 0 Å². The van der Waals surface area contributed by atoms with Gasteiger partial charge in [0.1, 0.15) is 0 Å². The van der Waals surface area contributed by atoms with Crippen molar-refractivity contribution in [2.24, 2.45) is 11.8 Å². The first-order chi connectivity index (χ1) is 12.4. The maximum absolute atomic E-state index is 9.93. The molecular weight excluding hydrogens is 664 g/mol. The standard InChI is InChI=1S/2C9H14ClINO.Cu/c2*10-6-4-7(11)9(13)8-5(6)2-1-3-12-8;/h2*5-9,13H,1-4H2;/q2*-1;+2. The largest absolute Gasteiger partial charge is 2.00 e. The van der Waals surface area contributed by atoms with Crippen molar-refractivity contribution in [2.75, 3.05) is 13.1 Å². The molecule has 0 spiro atoms. The van der Waals surface area contributed by atoms with Crippen LogP contribution in [0.5, 0.6) is 0 Å². The molecule has 0 aromatic heterocycles. The molecule has 0 aromatic carbocycles. The molecule has 1 radical (unpaired) electrons. The normalized spacial score (nSPS) is 49.6. The number of hydrogen-bond donors (Lipinski definition) is 2. The Kier molecular flexibility index (Phi) is 11.3. The van der Waals surface area contributed by atoms with Crippen LogP contribution in [-0.4, -0.2) is 66.2 Å². The molecule has 161 valence electrons. The van der Waals surface area contributed by atoms with Crippen LogP contribution in [0.3, 0.4) is 0 Å². The van der Waals surface area contributed by atoms with Gasteiger partial charge in [0.25, 0.3) is 0 Å². The third-order valence-electron chi connectivity index (χ3n) is 6.22. The van der Waals surface area contributed by atoms with Crippen molar-refractivity contribution in [3.63, 3.8) is 0 Å². The van der Waals surface area contributed by atoms with Gasteiger partial charge >= 0.3 is 17.1 Å². The fourth-order valence-corrected chi connectivity index (χ4v) is 8.23. The summed E-state index contributed by atoms with van der Waals surface area (Å²) in [5, 5.41) is 29.3. The summed E-state index contributed by atoms with van der Waals surface area (Å²) in [5.41, 5.74) is 0. The summed E-state index contributed by atoms with van der Waals surface area (Å²) < 4.78 is 0.561. The monoisotopic (exact) mass is 691 g/mol. The van der Waals surface area contributed by atoms with E-state index in [0.29, 0.717) is 11.8 Å². The first-order valence-corrected chi connectivity index (χ1v) is 13.0. The molecule has 4 fully saturated rings. The predicted octanol–water partition coefficient (Wildman–Crippen LogP) is 4.63. The van der Waals surface area contributed by atoms with Crippen molar-refractivity contribution in [3.05, 3.63) is 10.6 Å². The first kappa shape index (κ1) is 25.7. The Labute approximate surface area is 210 Å². The van der Waals surface area contributed by atoms with Crippen LogP contribution in [0.25, 0.3) is 10.6 Å². The second-order valence-corrected chi connectivity index (χ2v) is 12.2. The summed E-state index contributed by atoms with van der Waals surface area (Å²) in [7, 11) is 0. The molecule has 2 saturated carbocycles. The second-order valence-electron chi connectivity index (χ2n) is 7.92. The molecule has 2 aliphatic heterocycles. The molecule has 9 heteroatoms. The van der Waals surface area contributed by atoms with Crippen LogP contribution in [0.15, 0.2) is 0 Å². The second kappa shape index (κ2) is 11.9. The van der Waals surface area contributed by atoms with E-state index in [0.717, 1.165) is 51.6 Å². The average Bonchev–Trinajstić information content (AvgIpc) is 2.65. The van der Waals surface area contributed by atoms with E-state index < -0.39 is 0 Å². The van der Waals surface area contributed by atoms with E-state index in [2.05, 4.69) is 55.8 Å². The molecule has 0 amide bonds. The molecule has 4 rings (SSSR count). The Hall–Kier alpha value is 2.40. The first-order valence-electron chi connectivity index (χ1n) is 9.65. The van der Waals surface area contributed by atoms with E-state index in [9.17, 15) is 10.2 Å². The Morgan fingerprint density at radius 2 is 1.11 bits per heavy atom. The number of aliphatic hydroxyl groups excluding tert-OH is 2. The van der Waals surface area contributed by atoms with Crippen molar-refractivity contribution in [2.45, 2.75) is 81.4 Å². The molecule has 10 atom stereocenters. The fourth-order valence-electron chi connectivity index (χ4n) is 4.75. The van der Waals surface area contributed by atoms with Crippen molar-refractivity contribution >= 4 is 68.4 Å². The van der Waals surface area contributed by atoms with Crippen LogP contribution >= 0.6 is 68.4 Å². The summed E-state index contributed by atoms with van der Waals surface area (Å²) in [6, 6.07) is 0.235. The van der Waals surface area contributed by atoms with Crippen molar-refractivity contribution < 1.29 is 27.3 Å². The zero-order chi connectivity index (χ0) is 18.8. The van der Waals surface area contributed by atoms with Gasteiger partial charge in [0.05, 0.1) is 12.2 Å². The van der Waals surface area contributed by atoms with Gasteiger partial charge in [-0.2, -0.15) is 0 Å². The van der Waals surface area contributed by atoms with E-state index in [1.807, 2.05) is 0 Å². The maximum Gasteiger partial charge on any atom is 2.00 e. The predicted molar refractivity (Wildman–Crippen MR) is 126 cm³/mol. The van der Waals surface area contributed by atoms with Crippen LogP contribution in [0.2, 0.25) is 0 Å². The number of halogens is 4. The Morgan fingerprint density at radius 3 is 1.48 bits per heavy atom. The van der Waals surface area contributed by atoms with Gasteiger partial charge in [-0.05, 0) is 24.7 Å². The smallest absolute Gasteiger partial charge is 0.657 e. The van der Waals surface area contributed by atoms with Gasteiger partial charge in [0, 0.05) is 18.6 Å². The minimum absolute atomic E-state index is 0. The zero-order valence-corrected chi connectivity index (χ0v) is 21.8. The zero-order valence-electron chi connectivity index (χ0n) is 15.0. The van der Waals surface area contributed by atoms with E-state index in [1.165, 1.54) is 0 Å². The molecule has 2 saturated heterocycles. The number of alkyl halides is 4. The summed E-state index contributed by atoms with van der Waals surface area (Å²) in [6.45, 7) is 1.82. The Morgan fingerprint density at radius 1 is 0.741 bits per heavy atom. The molecule has 10 unspecified atom stereocenters. The van der Waals surface area contributed by atoms with Crippen molar-refractivity contribution in [1.29, 1.82) is 0 Å². The minimum Gasteiger partial charge on any atom is -0.657 e. The quantitative estimate of drug-likeness (QED) is 0.221. The SMILES string of the molecule is OC1C(I)CC(Cl)C2CCC[N-]C12.OC1C(I)CC(Cl)C2CCC[N-]C12.[Cu+2]. The van der Waals surface area contributed by atoms with Crippen LogP contribution in [0, 0.1) is 11.8 Å². The number of hydrogen-bond acceptors (Lipinski definition) is 2. The van der Waals surface area contributed by atoms with Crippen molar-refractivity contribution in [1.82, 2.24) is 0 Å². The van der Waals surface area contributed by atoms with Gasteiger partial charge in [-0.25, -0.2) is 0 Å². The van der Waals surface area contributed by atoms with Gasteiger partial charge in [0.2, 0.25) is 0 Å². The number of fused-ring (bicyclic) bond motifs is 2.